The van der Waals surface area contributed by atoms with Crippen molar-refractivity contribution in [2.24, 2.45) is 0 Å². The summed E-state index contributed by atoms with van der Waals surface area (Å²) in [6.45, 7) is 1.00. The summed E-state index contributed by atoms with van der Waals surface area (Å²) in [5.41, 5.74) is -2.40. The van der Waals surface area contributed by atoms with Gasteiger partial charge >= 0.3 is 12.4 Å². The topological polar surface area (TPSA) is 12.0 Å². The molecule has 0 radical (unpaired) electrons. The highest BCUT2D eigenvalue weighted by atomic mass is 35.5. The molecule has 1 N–H and O–H groups in total. The Labute approximate surface area is 117 Å². The van der Waals surface area contributed by atoms with E-state index < -0.39 is 23.5 Å². The molecule has 1 heterocycles. The van der Waals surface area contributed by atoms with E-state index in [9.17, 15) is 26.3 Å². The van der Waals surface area contributed by atoms with Crippen molar-refractivity contribution in [1.29, 1.82) is 0 Å². The lowest BCUT2D eigenvalue weighted by atomic mass is 9.94. The smallest absolute Gasteiger partial charge is 0.316 e. The highest BCUT2D eigenvalue weighted by Crippen LogP contribution is 2.38. The molecular weight excluding hydrogens is 308 g/mol. The van der Waals surface area contributed by atoms with E-state index in [2.05, 4.69) is 5.32 Å². The summed E-state index contributed by atoms with van der Waals surface area (Å²) in [6, 6.07) is 1.78. The lowest BCUT2D eigenvalue weighted by molar-refractivity contribution is -0.143. The highest BCUT2D eigenvalue weighted by Gasteiger charge is 2.37. The Balaban J connectivity index is 0.00000200. The number of halogens is 7. The van der Waals surface area contributed by atoms with E-state index in [4.69, 9.17) is 0 Å². The summed E-state index contributed by atoms with van der Waals surface area (Å²) in [6.07, 6.45) is -9.01. The first-order valence-electron chi connectivity index (χ1n) is 5.68. The maximum atomic E-state index is 12.6. The first kappa shape index (κ1) is 17.1. The van der Waals surface area contributed by atoms with Crippen LogP contribution < -0.4 is 5.32 Å². The van der Waals surface area contributed by atoms with Gasteiger partial charge in [0, 0.05) is 6.54 Å². The van der Waals surface area contributed by atoms with Gasteiger partial charge in [0.25, 0.3) is 0 Å². The Bertz CT molecular complexity index is 430. The van der Waals surface area contributed by atoms with E-state index in [0.717, 1.165) is 12.1 Å². The second-order valence-electron chi connectivity index (χ2n) is 4.53. The van der Waals surface area contributed by atoms with Gasteiger partial charge in [-0.1, -0.05) is 0 Å². The van der Waals surface area contributed by atoms with Crippen LogP contribution in [0, 0.1) is 0 Å². The van der Waals surface area contributed by atoms with Crippen molar-refractivity contribution in [2.75, 3.05) is 13.1 Å². The molecule has 0 bridgehead atoms. The molecule has 114 valence electrons. The molecule has 1 atom stereocenters. The van der Waals surface area contributed by atoms with Crippen LogP contribution in [-0.2, 0) is 12.4 Å². The van der Waals surface area contributed by atoms with Gasteiger partial charge in [0.2, 0.25) is 0 Å². The van der Waals surface area contributed by atoms with Crippen LogP contribution in [0.4, 0.5) is 26.3 Å². The maximum absolute atomic E-state index is 12.6. The molecule has 0 amide bonds. The van der Waals surface area contributed by atoms with Gasteiger partial charge in [-0.3, -0.25) is 0 Å². The molecule has 1 unspecified atom stereocenters. The van der Waals surface area contributed by atoms with Crippen molar-refractivity contribution in [3.63, 3.8) is 0 Å². The highest BCUT2D eigenvalue weighted by molar-refractivity contribution is 5.85. The first-order valence-corrected chi connectivity index (χ1v) is 5.68. The molecule has 0 spiro atoms. The van der Waals surface area contributed by atoms with Crippen LogP contribution in [0.25, 0.3) is 0 Å². The standard InChI is InChI=1S/C12H11F6N.ClH/c13-11(14,15)9-3-8(7-1-2-19-6-7)4-10(5-9)12(16,17)18;/h3-5,7,19H,1-2,6H2;1H. The monoisotopic (exact) mass is 319 g/mol. The fraction of sp³-hybridized carbons (Fsp3) is 0.500. The van der Waals surface area contributed by atoms with Gasteiger partial charge in [-0.25, -0.2) is 0 Å². The van der Waals surface area contributed by atoms with Gasteiger partial charge in [0.15, 0.2) is 0 Å². The number of hydrogen-bond donors (Lipinski definition) is 1. The van der Waals surface area contributed by atoms with Gasteiger partial charge in [-0.2, -0.15) is 26.3 Å². The SMILES string of the molecule is Cl.FC(F)(F)c1cc(C2CCNC2)cc(C(F)(F)F)c1. The Morgan fingerprint density at radius 2 is 1.40 bits per heavy atom. The van der Waals surface area contributed by atoms with Crippen LogP contribution in [0.15, 0.2) is 18.2 Å². The molecule has 0 saturated carbocycles. The van der Waals surface area contributed by atoms with Gasteiger partial charge < -0.3 is 5.32 Å². The number of hydrogen-bond acceptors (Lipinski definition) is 1. The predicted molar refractivity (Wildman–Crippen MR) is 63.9 cm³/mol. The normalized spacial score (nSPS) is 19.8. The molecular formula is C12H12ClF6N. The summed E-state index contributed by atoms with van der Waals surface area (Å²) in [7, 11) is 0. The van der Waals surface area contributed by atoms with Crippen LogP contribution in [0.2, 0.25) is 0 Å². The van der Waals surface area contributed by atoms with Gasteiger partial charge in [0.1, 0.15) is 0 Å². The summed E-state index contributed by atoms with van der Waals surface area (Å²) >= 11 is 0. The number of benzene rings is 1. The lowest BCUT2D eigenvalue weighted by Gasteiger charge is -2.16. The van der Waals surface area contributed by atoms with Crippen LogP contribution >= 0.6 is 12.4 Å². The van der Waals surface area contributed by atoms with E-state index in [1.807, 2.05) is 0 Å². The molecule has 1 aromatic rings. The largest absolute Gasteiger partial charge is 0.416 e. The number of nitrogens with one attached hydrogen (secondary N) is 1. The Morgan fingerprint density at radius 1 is 0.900 bits per heavy atom. The molecule has 1 nitrogen and oxygen atoms in total. The zero-order valence-corrected chi connectivity index (χ0v) is 10.9. The molecule has 0 aliphatic carbocycles. The van der Waals surface area contributed by atoms with Crippen LogP contribution in [0.3, 0.4) is 0 Å². The third-order valence-corrected chi connectivity index (χ3v) is 3.14. The third kappa shape index (κ3) is 3.79. The van der Waals surface area contributed by atoms with Crippen molar-refractivity contribution in [1.82, 2.24) is 5.32 Å². The summed E-state index contributed by atoms with van der Waals surface area (Å²) in [5.74, 6) is -0.302. The average molecular weight is 320 g/mol. The minimum absolute atomic E-state index is 0. The molecule has 20 heavy (non-hydrogen) atoms. The summed E-state index contributed by atoms with van der Waals surface area (Å²) in [4.78, 5) is 0. The van der Waals surface area contributed by atoms with Crippen LogP contribution in [0.1, 0.15) is 29.0 Å². The number of rotatable bonds is 1. The Hall–Kier alpha value is -0.950. The van der Waals surface area contributed by atoms with E-state index in [0.29, 0.717) is 19.5 Å². The van der Waals surface area contributed by atoms with E-state index in [1.165, 1.54) is 0 Å². The second kappa shape index (κ2) is 5.81. The van der Waals surface area contributed by atoms with Crippen molar-refractivity contribution in [3.8, 4) is 0 Å². The van der Waals surface area contributed by atoms with Crippen molar-refractivity contribution >= 4 is 12.4 Å². The molecule has 1 aliphatic heterocycles. The predicted octanol–water partition coefficient (Wildman–Crippen LogP) is 4.22. The van der Waals surface area contributed by atoms with Crippen molar-refractivity contribution < 1.29 is 26.3 Å². The summed E-state index contributed by atoms with van der Waals surface area (Å²) in [5, 5.41) is 2.92. The van der Waals surface area contributed by atoms with Crippen LogP contribution in [-0.4, -0.2) is 13.1 Å². The van der Waals surface area contributed by atoms with Crippen molar-refractivity contribution in [2.45, 2.75) is 24.7 Å². The number of alkyl halides is 6. The third-order valence-electron chi connectivity index (χ3n) is 3.14. The zero-order valence-electron chi connectivity index (χ0n) is 10.1. The van der Waals surface area contributed by atoms with E-state index >= 15 is 0 Å². The van der Waals surface area contributed by atoms with Gasteiger partial charge in [0.05, 0.1) is 11.1 Å². The lowest BCUT2D eigenvalue weighted by Crippen LogP contribution is -2.14. The fourth-order valence-electron chi connectivity index (χ4n) is 2.15. The molecule has 8 heteroatoms. The van der Waals surface area contributed by atoms with Crippen molar-refractivity contribution in [3.05, 3.63) is 34.9 Å². The Morgan fingerprint density at radius 3 is 1.75 bits per heavy atom. The first-order chi connectivity index (χ1) is 8.68. The molecule has 0 aromatic heterocycles. The minimum Gasteiger partial charge on any atom is -0.316 e. The van der Waals surface area contributed by atoms with E-state index in [-0.39, 0.29) is 30.0 Å². The van der Waals surface area contributed by atoms with Gasteiger partial charge in [-0.15, -0.1) is 12.4 Å². The molecule has 1 aliphatic rings. The molecule has 2 rings (SSSR count). The van der Waals surface area contributed by atoms with Crippen LogP contribution in [0.5, 0.6) is 0 Å². The van der Waals surface area contributed by atoms with Gasteiger partial charge in [-0.05, 0) is 42.6 Å². The zero-order chi connectivity index (χ0) is 14.3. The molecule has 1 fully saturated rings. The quantitative estimate of drug-likeness (QED) is 0.764. The average Bonchev–Trinajstić information content (AvgIpc) is 2.79. The second-order valence-corrected chi connectivity index (χ2v) is 4.53. The molecule has 1 aromatic carbocycles. The molecule has 1 saturated heterocycles. The van der Waals surface area contributed by atoms with E-state index in [1.54, 1.807) is 0 Å². The fourth-order valence-corrected chi connectivity index (χ4v) is 2.15. The maximum Gasteiger partial charge on any atom is 0.416 e. The summed E-state index contributed by atoms with van der Waals surface area (Å²) < 4.78 is 75.8. The minimum atomic E-state index is -4.78. The Kier molecular flexibility index (Phi) is 4.97.